The van der Waals surface area contributed by atoms with Crippen molar-refractivity contribution in [3.63, 3.8) is 0 Å². The number of aliphatic carboxylic acids is 1. The summed E-state index contributed by atoms with van der Waals surface area (Å²) in [5, 5.41) is 20.4. The number of carboxylic acid groups (broad SMARTS) is 1. The van der Waals surface area contributed by atoms with E-state index in [4.69, 9.17) is 16.0 Å². The average molecular weight is 263 g/mol. The maximum Gasteiger partial charge on any atom is 0.322 e. The van der Waals surface area contributed by atoms with Gasteiger partial charge in [0.15, 0.2) is 0 Å². The van der Waals surface area contributed by atoms with E-state index >= 15 is 0 Å². The average Bonchev–Trinajstić information content (AvgIpc) is 2.38. The Labute approximate surface area is 109 Å². The van der Waals surface area contributed by atoms with E-state index in [2.05, 4.69) is 15.3 Å². The predicted octanol–water partition coefficient (Wildman–Crippen LogP) is 1.53. The fourth-order valence-electron chi connectivity index (χ4n) is 0.899. The van der Waals surface area contributed by atoms with Crippen molar-refractivity contribution < 1.29 is 14.7 Å². The van der Waals surface area contributed by atoms with E-state index in [1.165, 1.54) is 6.92 Å². The molecule has 3 N–H and O–H groups in total. The number of amides is 1. The molecule has 8 heteroatoms. The number of hydrogen-bond donors (Lipinski definition) is 3. The Morgan fingerprint density at radius 1 is 1.42 bits per heavy atom. The molecule has 100 valence electrons. The molecule has 0 aliphatic heterocycles. The highest BCUT2D eigenvalue weighted by atomic mass is 16.4. The lowest BCUT2D eigenvalue weighted by atomic mass is 10.2. The molecule has 0 atom stereocenters. The highest BCUT2D eigenvalue weighted by molar-refractivity contribution is 5.96. The van der Waals surface area contributed by atoms with Crippen LogP contribution in [0.4, 0.5) is 0 Å². The van der Waals surface area contributed by atoms with Crippen molar-refractivity contribution in [1.82, 2.24) is 5.32 Å². The topological polar surface area (TPSA) is 139 Å². The molecular formula is C11H13N5O3. The van der Waals surface area contributed by atoms with Crippen molar-refractivity contribution >= 4 is 17.7 Å². The number of carboxylic acids is 1. The standard InChI is InChI=1S/C7H6N4.C4H7NO3/c8-7(10-11-9)6-4-2-1-3-5-6;1-3(6)5-2-4(7)8/h1-5,8H;2H2,1H3,(H,5,6)(H,7,8). The van der Waals surface area contributed by atoms with Crippen molar-refractivity contribution in [3.8, 4) is 0 Å². The summed E-state index contributed by atoms with van der Waals surface area (Å²) >= 11 is 0. The highest BCUT2D eigenvalue weighted by Crippen LogP contribution is 1.99. The summed E-state index contributed by atoms with van der Waals surface area (Å²) in [6.45, 7) is 0.971. The lowest BCUT2D eigenvalue weighted by Gasteiger charge is -1.93. The second kappa shape index (κ2) is 9.20. The van der Waals surface area contributed by atoms with E-state index < -0.39 is 5.97 Å². The van der Waals surface area contributed by atoms with Crippen LogP contribution in [0.15, 0.2) is 35.4 Å². The van der Waals surface area contributed by atoms with Crippen LogP contribution in [0.25, 0.3) is 10.4 Å². The molecule has 0 unspecified atom stereocenters. The van der Waals surface area contributed by atoms with Crippen molar-refractivity contribution in [2.75, 3.05) is 6.54 Å². The van der Waals surface area contributed by atoms with Gasteiger partial charge in [-0.1, -0.05) is 30.3 Å². The number of nitrogens with zero attached hydrogens (tertiary/aromatic N) is 3. The third-order valence-corrected chi connectivity index (χ3v) is 1.68. The van der Waals surface area contributed by atoms with E-state index in [1.807, 2.05) is 6.07 Å². The minimum absolute atomic E-state index is 0.0481. The van der Waals surface area contributed by atoms with Gasteiger partial charge in [-0.2, -0.15) is 0 Å². The van der Waals surface area contributed by atoms with Crippen LogP contribution in [0, 0.1) is 5.41 Å². The van der Waals surface area contributed by atoms with Crippen LogP contribution >= 0.6 is 0 Å². The first-order valence-electron chi connectivity index (χ1n) is 5.12. The molecule has 1 amide bonds. The van der Waals surface area contributed by atoms with Gasteiger partial charge < -0.3 is 10.4 Å². The minimum atomic E-state index is -1.03. The number of carbonyl (C=O) groups excluding carboxylic acids is 1. The number of azide groups is 1. The molecule has 0 aliphatic carbocycles. The maximum atomic E-state index is 9.97. The third kappa shape index (κ3) is 8.90. The molecule has 0 fully saturated rings. The second-order valence-corrected chi connectivity index (χ2v) is 3.21. The molecule has 1 aromatic carbocycles. The number of hydrogen-bond acceptors (Lipinski definition) is 3. The van der Waals surface area contributed by atoms with Gasteiger partial charge in [0.1, 0.15) is 12.4 Å². The molecule has 0 aromatic heterocycles. The number of rotatable bonds is 3. The monoisotopic (exact) mass is 263 g/mol. The van der Waals surface area contributed by atoms with Gasteiger partial charge in [0.05, 0.1) is 0 Å². The summed E-state index contributed by atoms with van der Waals surface area (Å²) in [7, 11) is 0. The zero-order valence-electron chi connectivity index (χ0n) is 10.2. The van der Waals surface area contributed by atoms with Crippen molar-refractivity contribution in [3.05, 3.63) is 46.3 Å². The molecule has 19 heavy (non-hydrogen) atoms. The molecule has 0 heterocycles. The van der Waals surface area contributed by atoms with E-state index in [9.17, 15) is 9.59 Å². The van der Waals surface area contributed by atoms with Gasteiger partial charge in [-0.15, -0.1) is 0 Å². The van der Waals surface area contributed by atoms with Gasteiger partial charge in [-0.05, 0) is 10.6 Å². The molecular weight excluding hydrogens is 250 g/mol. The quantitative estimate of drug-likeness (QED) is 0.250. The van der Waals surface area contributed by atoms with Gasteiger partial charge in [0.25, 0.3) is 0 Å². The predicted molar refractivity (Wildman–Crippen MR) is 68.7 cm³/mol. The summed E-state index contributed by atoms with van der Waals surface area (Å²) in [5.41, 5.74) is 8.65. The normalized spacial score (nSPS) is 8.26. The molecule has 8 nitrogen and oxygen atoms in total. The lowest BCUT2D eigenvalue weighted by Crippen LogP contribution is -2.26. The van der Waals surface area contributed by atoms with Crippen molar-refractivity contribution in [2.24, 2.45) is 5.11 Å². The fourth-order valence-corrected chi connectivity index (χ4v) is 0.899. The Balaban J connectivity index is 0.000000362. The maximum absolute atomic E-state index is 9.97. The van der Waals surface area contributed by atoms with Crippen LogP contribution < -0.4 is 5.32 Å². The first kappa shape index (κ1) is 16.1. The number of amidine groups is 1. The minimum Gasteiger partial charge on any atom is -0.480 e. The van der Waals surface area contributed by atoms with Gasteiger partial charge in [-0.25, -0.2) is 0 Å². The summed E-state index contributed by atoms with van der Waals surface area (Å²) in [5.74, 6) is -1.40. The second-order valence-electron chi connectivity index (χ2n) is 3.21. The van der Waals surface area contributed by atoms with E-state index in [-0.39, 0.29) is 18.3 Å². The Hall–Kier alpha value is -2.86. The van der Waals surface area contributed by atoms with E-state index in [0.717, 1.165) is 0 Å². The van der Waals surface area contributed by atoms with E-state index in [0.29, 0.717) is 5.56 Å². The Morgan fingerprint density at radius 2 is 2.00 bits per heavy atom. The Bertz CT molecular complexity index is 480. The first-order chi connectivity index (χ1) is 8.97. The zero-order valence-corrected chi connectivity index (χ0v) is 10.2. The number of benzene rings is 1. The number of nitrogens with one attached hydrogen (secondary N) is 2. The van der Waals surface area contributed by atoms with Crippen LogP contribution in [0.1, 0.15) is 12.5 Å². The van der Waals surface area contributed by atoms with E-state index in [1.54, 1.807) is 24.3 Å². The molecule has 0 radical (unpaired) electrons. The van der Waals surface area contributed by atoms with Crippen LogP contribution in [0.5, 0.6) is 0 Å². The highest BCUT2D eigenvalue weighted by Gasteiger charge is 1.95. The molecule has 1 aromatic rings. The smallest absolute Gasteiger partial charge is 0.322 e. The summed E-state index contributed by atoms with van der Waals surface area (Å²) in [6.07, 6.45) is 0. The molecule has 0 aliphatic rings. The Kier molecular flexibility index (Phi) is 7.81. The molecule has 0 bridgehead atoms. The molecule has 1 rings (SSSR count). The van der Waals surface area contributed by atoms with Gasteiger partial charge in [0.2, 0.25) is 5.91 Å². The van der Waals surface area contributed by atoms with Gasteiger partial charge in [0, 0.05) is 17.4 Å². The van der Waals surface area contributed by atoms with Crippen LogP contribution in [-0.4, -0.2) is 29.4 Å². The summed E-state index contributed by atoms with van der Waals surface area (Å²) in [4.78, 5) is 22.2. The Morgan fingerprint density at radius 3 is 2.37 bits per heavy atom. The van der Waals surface area contributed by atoms with Gasteiger partial charge in [-0.3, -0.25) is 15.0 Å². The molecule has 0 saturated carbocycles. The third-order valence-electron chi connectivity index (χ3n) is 1.68. The first-order valence-corrected chi connectivity index (χ1v) is 5.12. The summed E-state index contributed by atoms with van der Waals surface area (Å²) < 4.78 is 0. The fraction of sp³-hybridized carbons (Fsp3) is 0.182. The van der Waals surface area contributed by atoms with Crippen molar-refractivity contribution in [1.29, 1.82) is 5.41 Å². The number of carbonyl (C=O) groups is 2. The van der Waals surface area contributed by atoms with Crippen molar-refractivity contribution in [2.45, 2.75) is 6.92 Å². The molecule has 0 saturated heterocycles. The van der Waals surface area contributed by atoms with Crippen LogP contribution in [0.2, 0.25) is 0 Å². The van der Waals surface area contributed by atoms with Crippen LogP contribution in [-0.2, 0) is 9.59 Å². The van der Waals surface area contributed by atoms with Crippen LogP contribution in [0.3, 0.4) is 0 Å². The zero-order chi connectivity index (χ0) is 14.7. The lowest BCUT2D eigenvalue weighted by molar-refractivity contribution is -0.137. The largest absolute Gasteiger partial charge is 0.480 e. The molecule has 0 spiro atoms. The SMILES string of the molecule is CC(=O)NCC(=O)O.[N-]=[N+]=NC(=N)c1ccccc1. The summed E-state index contributed by atoms with van der Waals surface area (Å²) in [6, 6.07) is 8.86. The van der Waals surface area contributed by atoms with Gasteiger partial charge >= 0.3 is 5.97 Å².